The predicted molar refractivity (Wildman–Crippen MR) is 82.4 cm³/mol. The molecule has 0 aromatic heterocycles. The SMILES string of the molecule is CCCCC(C)OC(C)c1ccc2ccccc2c1. The van der Waals surface area contributed by atoms with E-state index in [1.165, 1.54) is 29.2 Å². The fourth-order valence-corrected chi connectivity index (χ4v) is 2.45. The van der Waals surface area contributed by atoms with Crippen molar-refractivity contribution in [1.82, 2.24) is 0 Å². The van der Waals surface area contributed by atoms with Crippen LogP contribution in [0.4, 0.5) is 0 Å². The van der Waals surface area contributed by atoms with Crippen molar-refractivity contribution in [2.75, 3.05) is 0 Å². The van der Waals surface area contributed by atoms with E-state index in [0.717, 1.165) is 6.42 Å². The molecule has 0 aliphatic heterocycles. The Hall–Kier alpha value is -1.34. The van der Waals surface area contributed by atoms with Gasteiger partial charge in [0.1, 0.15) is 0 Å². The van der Waals surface area contributed by atoms with E-state index in [2.05, 4.69) is 63.2 Å². The normalized spacial score (nSPS) is 14.5. The number of benzene rings is 2. The number of hydrogen-bond donors (Lipinski definition) is 0. The molecule has 0 fully saturated rings. The molecule has 0 bridgehead atoms. The maximum atomic E-state index is 6.09. The fraction of sp³-hybridized carbons (Fsp3) is 0.444. The van der Waals surface area contributed by atoms with Crippen molar-refractivity contribution in [2.45, 2.75) is 52.2 Å². The van der Waals surface area contributed by atoms with E-state index in [0.29, 0.717) is 6.10 Å². The van der Waals surface area contributed by atoms with Gasteiger partial charge in [0.15, 0.2) is 0 Å². The molecule has 1 nitrogen and oxygen atoms in total. The molecule has 0 saturated carbocycles. The summed E-state index contributed by atoms with van der Waals surface area (Å²) in [5.41, 5.74) is 1.27. The molecule has 2 unspecified atom stereocenters. The summed E-state index contributed by atoms with van der Waals surface area (Å²) >= 11 is 0. The Balaban J connectivity index is 2.06. The second kappa shape index (κ2) is 6.72. The highest BCUT2D eigenvalue weighted by Gasteiger charge is 2.10. The number of fused-ring (bicyclic) bond motifs is 1. The van der Waals surface area contributed by atoms with Crippen molar-refractivity contribution in [1.29, 1.82) is 0 Å². The first-order valence-corrected chi connectivity index (χ1v) is 7.35. The molecule has 2 rings (SSSR count). The van der Waals surface area contributed by atoms with Crippen LogP contribution in [0.15, 0.2) is 42.5 Å². The lowest BCUT2D eigenvalue weighted by Gasteiger charge is -2.19. The molecule has 2 aromatic rings. The summed E-state index contributed by atoms with van der Waals surface area (Å²) in [4.78, 5) is 0. The van der Waals surface area contributed by atoms with Gasteiger partial charge in [0.25, 0.3) is 0 Å². The molecule has 19 heavy (non-hydrogen) atoms. The van der Waals surface area contributed by atoms with Crippen molar-refractivity contribution >= 4 is 10.8 Å². The third-order valence-electron chi connectivity index (χ3n) is 3.64. The van der Waals surface area contributed by atoms with Crippen LogP contribution in [0.1, 0.15) is 51.7 Å². The molecule has 0 N–H and O–H groups in total. The lowest BCUT2D eigenvalue weighted by atomic mass is 10.0. The zero-order valence-corrected chi connectivity index (χ0v) is 12.2. The molecule has 0 amide bonds. The van der Waals surface area contributed by atoms with Crippen LogP contribution in [0, 0.1) is 0 Å². The molecule has 1 heteroatoms. The van der Waals surface area contributed by atoms with E-state index in [1.807, 2.05) is 0 Å². The van der Waals surface area contributed by atoms with Crippen molar-refractivity contribution < 1.29 is 4.74 Å². The number of hydrogen-bond acceptors (Lipinski definition) is 1. The molecule has 2 aromatic carbocycles. The maximum Gasteiger partial charge on any atom is 0.0800 e. The second-order valence-corrected chi connectivity index (χ2v) is 5.34. The molecule has 2 atom stereocenters. The standard InChI is InChI=1S/C18H24O/c1-4-5-8-14(2)19-15(3)17-12-11-16-9-6-7-10-18(16)13-17/h6-7,9-15H,4-5,8H2,1-3H3. The first-order valence-electron chi connectivity index (χ1n) is 7.35. The fourth-order valence-electron chi connectivity index (χ4n) is 2.45. The summed E-state index contributed by atoms with van der Waals surface area (Å²) in [5, 5.41) is 2.58. The van der Waals surface area contributed by atoms with E-state index in [-0.39, 0.29) is 6.10 Å². The van der Waals surface area contributed by atoms with Gasteiger partial charge in [-0.05, 0) is 42.7 Å². The third-order valence-corrected chi connectivity index (χ3v) is 3.64. The van der Waals surface area contributed by atoms with Gasteiger partial charge in [-0.2, -0.15) is 0 Å². The zero-order chi connectivity index (χ0) is 13.7. The summed E-state index contributed by atoms with van der Waals surface area (Å²) in [6.45, 7) is 6.54. The maximum absolute atomic E-state index is 6.09. The van der Waals surface area contributed by atoms with Gasteiger partial charge in [0.2, 0.25) is 0 Å². The Morgan fingerprint density at radius 2 is 1.74 bits per heavy atom. The van der Waals surface area contributed by atoms with Gasteiger partial charge in [-0.3, -0.25) is 0 Å². The van der Waals surface area contributed by atoms with E-state index in [4.69, 9.17) is 4.74 Å². The van der Waals surface area contributed by atoms with Crippen LogP contribution >= 0.6 is 0 Å². The minimum Gasteiger partial charge on any atom is -0.371 e. The monoisotopic (exact) mass is 256 g/mol. The van der Waals surface area contributed by atoms with Crippen molar-refractivity contribution in [3.8, 4) is 0 Å². The quantitative estimate of drug-likeness (QED) is 0.663. The first kappa shape index (κ1) is 14.1. The summed E-state index contributed by atoms with van der Waals surface area (Å²) in [5.74, 6) is 0. The van der Waals surface area contributed by atoms with Crippen LogP contribution in [0.25, 0.3) is 10.8 Å². The molecule has 0 aliphatic carbocycles. The van der Waals surface area contributed by atoms with Crippen LogP contribution in [-0.2, 0) is 4.74 Å². The largest absolute Gasteiger partial charge is 0.371 e. The lowest BCUT2D eigenvalue weighted by Crippen LogP contribution is -2.11. The predicted octanol–water partition coefficient (Wildman–Crippen LogP) is 5.50. The van der Waals surface area contributed by atoms with E-state index < -0.39 is 0 Å². The number of unbranched alkanes of at least 4 members (excludes halogenated alkanes) is 1. The summed E-state index contributed by atoms with van der Waals surface area (Å²) in [7, 11) is 0. The van der Waals surface area contributed by atoms with Crippen LogP contribution in [-0.4, -0.2) is 6.10 Å². The lowest BCUT2D eigenvalue weighted by molar-refractivity contribution is 0.00191. The van der Waals surface area contributed by atoms with Crippen molar-refractivity contribution in [3.05, 3.63) is 48.0 Å². The number of ether oxygens (including phenoxy) is 1. The second-order valence-electron chi connectivity index (χ2n) is 5.34. The van der Waals surface area contributed by atoms with E-state index in [9.17, 15) is 0 Å². The summed E-state index contributed by atoms with van der Waals surface area (Å²) in [6.07, 6.45) is 4.12. The Kier molecular flexibility index (Phi) is 4.98. The smallest absolute Gasteiger partial charge is 0.0800 e. The highest BCUT2D eigenvalue weighted by molar-refractivity contribution is 5.83. The zero-order valence-electron chi connectivity index (χ0n) is 12.2. The molecule has 0 radical (unpaired) electrons. The third kappa shape index (κ3) is 3.81. The summed E-state index contributed by atoms with van der Waals surface area (Å²) < 4.78 is 6.09. The van der Waals surface area contributed by atoms with Gasteiger partial charge < -0.3 is 4.74 Å². The molecule has 0 heterocycles. The van der Waals surface area contributed by atoms with Gasteiger partial charge in [-0.15, -0.1) is 0 Å². The first-order chi connectivity index (χ1) is 9.20. The minimum absolute atomic E-state index is 0.163. The summed E-state index contributed by atoms with van der Waals surface area (Å²) in [6, 6.07) is 15.1. The van der Waals surface area contributed by atoms with E-state index in [1.54, 1.807) is 0 Å². The van der Waals surface area contributed by atoms with Gasteiger partial charge in [0, 0.05) is 0 Å². The topological polar surface area (TPSA) is 9.23 Å². The van der Waals surface area contributed by atoms with Gasteiger partial charge in [0.05, 0.1) is 12.2 Å². The van der Waals surface area contributed by atoms with Crippen LogP contribution < -0.4 is 0 Å². The molecular formula is C18H24O. The molecular weight excluding hydrogens is 232 g/mol. The Morgan fingerprint density at radius 1 is 1.00 bits per heavy atom. The average molecular weight is 256 g/mol. The number of rotatable bonds is 6. The molecule has 0 saturated heterocycles. The Morgan fingerprint density at radius 3 is 2.47 bits per heavy atom. The molecule has 0 aliphatic rings. The van der Waals surface area contributed by atoms with Gasteiger partial charge in [-0.25, -0.2) is 0 Å². The van der Waals surface area contributed by atoms with Crippen molar-refractivity contribution in [2.24, 2.45) is 0 Å². The van der Waals surface area contributed by atoms with Crippen LogP contribution in [0.3, 0.4) is 0 Å². The van der Waals surface area contributed by atoms with Crippen molar-refractivity contribution in [3.63, 3.8) is 0 Å². The van der Waals surface area contributed by atoms with Crippen LogP contribution in [0.5, 0.6) is 0 Å². The van der Waals surface area contributed by atoms with Gasteiger partial charge >= 0.3 is 0 Å². The average Bonchev–Trinajstić information content (AvgIpc) is 2.44. The van der Waals surface area contributed by atoms with Crippen LogP contribution in [0.2, 0.25) is 0 Å². The minimum atomic E-state index is 0.163. The van der Waals surface area contributed by atoms with E-state index >= 15 is 0 Å². The molecule has 0 spiro atoms. The van der Waals surface area contributed by atoms with Gasteiger partial charge in [-0.1, -0.05) is 56.2 Å². The Labute approximate surface area is 116 Å². The molecule has 102 valence electrons. The highest BCUT2D eigenvalue weighted by atomic mass is 16.5. The highest BCUT2D eigenvalue weighted by Crippen LogP contribution is 2.24. The Bertz CT molecular complexity index is 518.